The molecule has 0 rings (SSSR count). The molecule has 0 bridgehead atoms. The van der Waals surface area contributed by atoms with Crippen LogP contribution in [0.2, 0.25) is 0 Å². The lowest BCUT2D eigenvalue weighted by atomic mass is 10.3. The van der Waals surface area contributed by atoms with Gasteiger partial charge in [0.1, 0.15) is 13.1 Å². The molecule has 0 aliphatic rings. The van der Waals surface area contributed by atoms with Gasteiger partial charge in [-0.15, -0.1) is 0 Å². The molecule has 0 atom stereocenters. The minimum absolute atomic E-state index is 0.661. The molecule has 0 saturated heterocycles. The molecule has 0 aromatic carbocycles. The van der Waals surface area contributed by atoms with Crippen molar-refractivity contribution >= 4 is 7.25 Å². The first kappa shape index (κ1) is 24.8. The van der Waals surface area contributed by atoms with E-state index in [1.807, 2.05) is 6.92 Å². The first-order chi connectivity index (χ1) is 10.6. The Morgan fingerprint density at radius 2 is 1.13 bits per heavy atom. The van der Waals surface area contributed by atoms with Crippen LogP contribution >= 0.6 is 0 Å². The van der Waals surface area contributed by atoms with Gasteiger partial charge in [-0.05, 0) is 6.92 Å². The zero-order chi connectivity index (χ0) is 18.2. The van der Waals surface area contributed by atoms with Crippen molar-refractivity contribution in [2.75, 3.05) is 80.5 Å². The molecule has 0 aromatic rings. The van der Waals surface area contributed by atoms with Crippen LogP contribution < -0.4 is 0 Å². The smallest absolute Gasteiger partial charge is 0.418 e. The van der Waals surface area contributed by atoms with Gasteiger partial charge in [0.15, 0.2) is 0 Å². The van der Waals surface area contributed by atoms with Gasteiger partial charge in [0, 0.05) is 13.7 Å². The molecule has 0 unspecified atom stereocenters. The van der Waals surface area contributed by atoms with E-state index in [1.165, 1.54) is 0 Å². The second-order valence-corrected chi connectivity index (χ2v) is 5.29. The number of rotatable bonds is 13. The molecule has 0 spiro atoms. The van der Waals surface area contributed by atoms with Crippen LogP contribution in [0.4, 0.5) is 17.3 Å². The molecule has 0 amide bonds. The monoisotopic (exact) mass is 351 g/mol. The summed E-state index contributed by atoms with van der Waals surface area (Å²) in [4.78, 5) is 0. The van der Waals surface area contributed by atoms with E-state index in [4.69, 9.17) is 18.9 Å². The lowest BCUT2D eigenvalue weighted by Crippen LogP contribution is -2.44. The number of nitrogens with zero attached hydrogens (tertiary/aromatic N) is 1. The van der Waals surface area contributed by atoms with Crippen LogP contribution in [0, 0.1) is 0 Å². The topological polar surface area (TPSA) is 36.9 Å². The average molecular weight is 351 g/mol. The zero-order valence-electron chi connectivity index (χ0n) is 14.5. The van der Waals surface area contributed by atoms with Gasteiger partial charge in [-0.2, -0.15) is 0 Å². The third kappa shape index (κ3) is 30.1. The minimum atomic E-state index is -6.00. The highest BCUT2D eigenvalue weighted by atomic mass is 19.5. The molecule has 5 nitrogen and oxygen atoms in total. The second kappa shape index (κ2) is 15.1. The molecular formula is C13H30BF4NO4. The van der Waals surface area contributed by atoms with Crippen LogP contribution in [0.5, 0.6) is 0 Å². The number of methoxy groups -OCH3 is 1. The summed E-state index contributed by atoms with van der Waals surface area (Å²) in [5.74, 6) is 0. The molecule has 10 heteroatoms. The maximum atomic E-state index is 9.75. The second-order valence-electron chi connectivity index (χ2n) is 5.29. The quantitative estimate of drug-likeness (QED) is 0.220. The highest BCUT2D eigenvalue weighted by molar-refractivity contribution is 6.50. The summed E-state index contributed by atoms with van der Waals surface area (Å²) in [6.45, 7) is 8.93. The van der Waals surface area contributed by atoms with E-state index in [0.29, 0.717) is 26.4 Å². The Hall–Kier alpha value is -0.415. The van der Waals surface area contributed by atoms with Crippen molar-refractivity contribution in [3.05, 3.63) is 0 Å². The van der Waals surface area contributed by atoms with E-state index in [-0.39, 0.29) is 0 Å². The van der Waals surface area contributed by atoms with Gasteiger partial charge in [0.05, 0.1) is 53.7 Å². The van der Waals surface area contributed by atoms with E-state index < -0.39 is 7.25 Å². The molecular weight excluding hydrogens is 321 g/mol. The predicted octanol–water partition coefficient (Wildman–Crippen LogP) is 2.08. The summed E-state index contributed by atoms with van der Waals surface area (Å²) in [5.41, 5.74) is 0. The minimum Gasteiger partial charge on any atom is -0.418 e. The Morgan fingerprint density at radius 3 is 1.52 bits per heavy atom. The lowest BCUT2D eigenvalue weighted by molar-refractivity contribution is -0.891. The normalized spacial score (nSPS) is 12.0. The van der Waals surface area contributed by atoms with E-state index in [0.717, 1.165) is 37.4 Å². The molecule has 23 heavy (non-hydrogen) atoms. The number of hydrogen-bond donors (Lipinski definition) is 0. The van der Waals surface area contributed by atoms with Crippen LogP contribution in [0.25, 0.3) is 0 Å². The Labute approximate surface area is 136 Å². The van der Waals surface area contributed by atoms with Gasteiger partial charge in [0.25, 0.3) is 0 Å². The Balaban J connectivity index is 0. The van der Waals surface area contributed by atoms with Gasteiger partial charge < -0.3 is 40.7 Å². The van der Waals surface area contributed by atoms with E-state index in [1.54, 1.807) is 7.11 Å². The average Bonchev–Trinajstić information content (AvgIpc) is 2.40. The standard InChI is InChI=1S/C13H30NO4.BF4/c1-5-16-12-13-18-9-7-14(2,3)6-8-17-11-10-15-4;2-1(3,4)5/h5-13H2,1-4H3;/q+1;-1. The van der Waals surface area contributed by atoms with E-state index in [2.05, 4.69) is 14.1 Å². The van der Waals surface area contributed by atoms with Gasteiger partial charge in [-0.3, -0.25) is 0 Å². The van der Waals surface area contributed by atoms with Crippen molar-refractivity contribution in [2.24, 2.45) is 0 Å². The molecule has 0 radical (unpaired) electrons. The summed E-state index contributed by atoms with van der Waals surface area (Å²) in [6, 6.07) is 0. The van der Waals surface area contributed by atoms with Gasteiger partial charge in [-0.25, -0.2) is 0 Å². The van der Waals surface area contributed by atoms with E-state index in [9.17, 15) is 17.3 Å². The summed E-state index contributed by atoms with van der Waals surface area (Å²) in [7, 11) is 0.0557. The molecule has 0 heterocycles. The summed E-state index contributed by atoms with van der Waals surface area (Å²) in [5, 5.41) is 0. The van der Waals surface area contributed by atoms with Gasteiger partial charge >= 0.3 is 7.25 Å². The van der Waals surface area contributed by atoms with Gasteiger partial charge in [0.2, 0.25) is 0 Å². The van der Waals surface area contributed by atoms with Crippen LogP contribution in [-0.4, -0.2) is 92.3 Å². The summed E-state index contributed by atoms with van der Waals surface area (Å²) < 4.78 is 61.0. The molecule has 0 aliphatic heterocycles. The highest BCUT2D eigenvalue weighted by Crippen LogP contribution is 2.06. The molecule has 0 N–H and O–H groups in total. The fourth-order valence-electron chi connectivity index (χ4n) is 1.34. The molecule has 0 saturated carbocycles. The van der Waals surface area contributed by atoms with Crippen molar-refractivity contribution < 1.29 is 40.7 Å². The third-order valence-electron chi connectivity index (χ3n) is 2.69. The fraction of sp³-hybridized carbons (Fsp3) is 1.00. The molecule has 0 aromatic heterocycles. The Bertz CT molecular complexity index is 253. The van der Waals surface area contributed by atoms with Crippen LogP contribution in [0.1, 0.15) is 6.92 Å². The number of halogens is 4. The number of quaternary nitrogens is 1. The van der Waals surface area contributed by atoms with Crippen molar-refractivity contribution in [3.63, 3.8) is 0 Å². The summed E-state index contributed by atoms with van der Waals surface area (Å²) >= 11 is 0. The summed E-state index contributed by atoms with van der Waals surface area (Å²) in [6.07, 6.45) is 0. The number of hydrogen-bond acceptors (Lipinski definition) is 4. The number of ether oxygens (including phenoxy) is 4. The fourth-order valence-corrected chi connectivity index (χ4v) is 1.34. The van der Waals surface area contributed by atoms with Crippen molar-refractivity contribution in [1.82, 2.24) is 0 Å². The maximum Gasteiger partial charge on any atom is 0.673 e. The zero-order valence-corrected chi connectivity index (χ0v) is 14.5. The molecule has 0 aliphatic carbocycles. The largest absolute Gasteiger partial charge is 0.673 e. The molecule has 142 valence electrons. The van der Waals surface area contributed by atoms with Crippen molar-refractivity contribution in [1.29, 1.82) is 0 Å². The van der Waals surface area contributed by atoms with Crippen LogP contribution in [0.15, 0.2) is 0 Å². The maximum absolute atomic E-state index is 9.75. The SMILES string of the molecule is CCOCCOCC[N+](C)(C)CCOCCOC.F[B-](F)(F)F. The van der Waals surface area contributed by atoms with Crippen molar-refractivity contribution in [3.8, 4) is 0 Å². The first-order valence-corrected chi connectivity index (χ1v) is 7.54. The van der Waals surface area contributed by atoms with Crippen molar-refractivity contribution in [2.45, 2.75) is 6.92 Å². The van der Waals surface area contributed by atoms with E-state index >= 15 is 0 Å². The van der Waals surface area contributed by atoms with Gasteiger partial charge in [-0.1, -0.05) is 0 Å². The lowest BCUT2D eigenvalue weighted by Gasteiger charge is -2.29. The predicted molar refractivity (Wildman–Crippen MR) is 82.0 cm³/mol. The third-order valence-corrected chi connectivity index (χ3v) is 2.69. The first-order valence-electron chi connectivity index (χ1n) is 7.54. The van der Waals surface area contributed by atoms with Crippen LogP contribution in [-0.2, 0) is 18.9 Å². The van der Waals surface area contributed by atoms with Crippen LogP contribution in [0.3, 0.4) is 0 Å². The molecule has 0 fully saturated rings. The highest BCUT2D eigenvalue weighted by Gasteiger charge is 2.20. The Morgan fingerprint density at radius 1 is 0.739 bits per heavy atom. The number of likely N-dealkylation sites (N-methyl/N-ethyl adjacent to an activating group) is 1. The Kier molecular flexibility index (Phi) is 16.3.